The minimum Gasteiger partial charge on any atom is -0.480 e. The van der Waals surface area contributed by atoms with Crippen molar-refractivity contribution in [3.05, 3.63) is 56.9 Å². The van der Waals surface area contributed by atoms with E-state index in [1.54, 1.807) is 18.4 Å². The number of fused-ring (bicyclic) bond motifs is 5. The summed E-state index contributed by atoms with van der Waals surface area (Å²) >= 11 is 0. The van der Waals surface area contributed by atoms with E-state index < -0.39 is 11.5 Å². The van der Waals surface area contributed by atoms with Crippen LogP contribution in [0.4, 0.5) is 0 Å². The van der Waals surface area contributed by atoms with Crippen molar-refractivity contribution in [2.24, 2.45) is 11.5 Å². The molecule has 9 heteroatoms. The van der Waals surface area contributed by atoms with Gasteiger partial charge in [0.1, 0.15) is 12.4 Å². The van der Waals surface area contributed by atoms with Gasteiger partial charge in [0.2, 0.25) is 0 Å². The molecule has 1 atom stereocenters. The summed E-state index contributed by atoms with van der Waals surface area (Å²) in [5.74, 6) is -0.108. The second-order valence-corrected chi connectivity index (χ2v) is 10.3. The van der Waals surface area contributed by atoms with E-state index in [-0.39, 0.29) is 18.1 Å². The minimum absolute atomic E-state index is 0.0172. The van der Waals surface area contributed by atoms with Crippen molar-refractivity contribution in [3.8, 4) is 17.1 Å². The lowest BCUT2D eigenvalue weighted by atomic mass is 9.90. The van der Waals surface area contributed by atoms with Gasteiger partial charge >= 0.3 is 5.97 Å². The summed E-state index contributed by atoms with van der Waals surface area (Å²) in [4.78, 5) is 41.9. The molecule has 2 aliphatic heterocycles. The number of carbonyl (C=O) groups excluding carboxylic acids is 2. The predicted octanol–water partition coefficient (Wildman–Crippen LogP) is 4.21. The van der Waals surface area contributed by atoms with Crippen molar-refractivity contribution in [1.29, 1.82) is 0 Å². The van der Waals surface area contributed by atoms with Crippen LogP contribution in [0.5, 0.6) is 5.75 Å². The Morgan fingerprint density at radius 1 is 1.15 bits per heavy atom. The fourth-order valence-corrected chi connectivity index (χ4v) is 5.16. The van der Waals surface area contributed by atoms with Gasteiger partial charge < -0.3 is 25.5 Å². The zero-order valence-electron chi connectivity index (χ0n) is 24.5. The molecule has 0 spiro atoms. The van der Waals surface area contributed by atoms with Crippen LogP contribution in [-0.2, 0) is 33.9 Å². The van der Waals surface area contributed by atoms with Gasteiger partial charge in [-0.15, -0.1) is 0 Å². The predicted molar refractivity (Wildman–Crippen MR) is 158 cm³/mol. The Kier molecular flexibility index (Phi) is 10.2. The van der Waals surface area contributed by atoms with Gasteiger partial charge in [0.25, 0.3) is 5.56 Å². The lowest BCUT2D eigenvalue weighted by Gasteiger charge is -2.24. The van der Waals surface area contributed by atoms with Gasteiger partial charge in [-0.3, -0.25) is 14.4 Å². The highest BCUT2D eigenvalue weighted by Gasteiger charge is 2.34. The second kappa shape index (κ2) is 13.2. The van der Waals surface area contributed by atoms with Crippen molar-refractivity contribution in [3.63, 3.8) is 0 Å². The summed E-state index contributed by atoms with van der Waals surface area (Å²) in [6.45, 7) is 10.9. The van der Waals surface area contributed by atoms with E-state index >= 15 is 0 Å². The maximum atomic E-state index is 13.4. The number of aldehydes is 1. The van der Waals surface area contributed by atoms with Gasteiger partial charge in [-0.05, 0) is 82.1 Å². The highest BCUT2D eigenvalue weighted by molar-refractivity contribution is 5.89. The van der Waals surface area contributed by atoms with Crippen molar-refractivity contribution < 1.29 is 19.1 Å². The van der Waals surface area contributed by atoms with E-state index in [0.717, 1.165) is 58.2 Å². The number of nitrogens with zero attached hydrogens (tertiary/aromatic N) is 2. The standard InChI is InChI=1S/C26H26N2O5.C4H11N.CH5N/c1-5-15-18-9-14(33-26(3,4)13-29)7-8-21(18)27-23-19(15)11-28-22(23)10-17-16(6-2)25(31)32-12-20(17)24(28)30;1-2-3-4-5;1-2/h7-10,13,16H,5-6,11-12H2,1-4H3;2-5H2,1H3;2H2,1H3. The molecule has 40 heavy (non-hydrogen) atoms. The van der Waals surface area contributed by atoms with Crippen molar-refractivity contribution in [1.82, 2.24) is 9.55 Å². The molecule has 216 valence electrons. The summed E-state index contributed by atoms with van der Waals surface area (Å²) in [5, 5.41) is 0.950. The van der Waals surface area contributed by atoms with Crippen LogP contribution in [0, 0.1) is 0 Å². The Balaban J connectivity index is 0.000000570. The zero-order valence-corrected chi connectivity index (χ0v) is 24.5. The minimum atomic E-state index is -0.928. The summed E-state index contributed by atoms with van der Waals surface area (Å²) in [7, 11) is 1.50. The SMILES string of the molecule is CCCCN.CCc1c2c(nc3ccc(OC(C)(C)C=O)cc13)-c1cc3c(c(=O)n1C2)COC(=O)C3CC.CN. The van der Waals surface area contributed by atoms with E-state index in [1.807, 2.05) is 31.2 Å². The average Bonchev–Trinajstić information content (AvgIpc) is 3.32. The highest BCUT2D eigenvalue weighted by Crippen LogP contribution is 2.39. The molecule has 2 aromatic heterocycles. The van der Waals surface area contributed by atoms with Crippen LogP contribution in [0.25, 0.3) is 22.3 Å². The van der Waals surface area contributed by atoms with Gasteiger partial charge in [-0.2, -0.15) is 0 Å². The molecule has 0 aliphatic carbocycles. The number of benzene rings is 1. The first kappa shape index (κ1) is 31.0. The fraction of sp³-hybridized carbons (Fsp3) is 0.484. The number of pyridine rings is 2. The number of cyclic esters (lactones) is 1. The van der Waals surface area contributed by atoms with E-state index in [9.17, 15) is 14.4 Å². The third-order valence-electron chi connectivity index (χ3n) is 7.17. The van der Waals surface area contributed by atoms with Crippen LogP contribution in [0.2, 0.25) is 0 Å². The number of ether oxygens (including phenoxy) is 2. The molecule has 3 aromatic rings. The Hall–Kier alpha value is -3.56. The van der Waals surface area contributed by atoms with E-state index in [1.165, 1.54) is 19.9 Å². The van der Waals surface area contributed by atoms with Crippen LogP contribution in [0.3, 0.4) is 0 Å². The third kappa shape index (κ3) is 5.95. The number of rotatable bonds is 7. The van der Waals surface area contributed by atoms with Crippen LogP contribution in [0.15, 0.2) is 29.1 Å². The number of esters is 1. The highest BCUT2D eigenvalue weighted by atomic mass is 16.5. The van der Waals surface area contributed by atoms with E-state index in [2.05, 4.69) is 19.6 Å². The topological polar surface area (TPSA) is 140 Å². The van der Waals surface area contributed by atoms with Gasteiger partial charge in [0, 0.05) is 10.9 Å². The van der Waals surface area contributed by atoms with Crippen LogP contribution in [0.1, 0.15) is 82.1 Å². The van der Waals surface area contributed by atoms with Crippen molar-refractivity contribution in [2.75, 3.05) is 13.6 Å². The molecule has 4 heterocycles. The quantitative estimate of drug-likeness (QED) is 0.258. The molecule has 5 rings (SSSR count). The van der Waals surface area contributed by atoms with Crippen molar-refractivity contribution in [2.45, 2.75) is 85.0 Å². The van der Waals surface area contributed by atoms with E-state index in [0.29, 0.717) is 24.3 Å². The fourth-order valence-electron chi connectivity index (χ4n) is 5.16. The molecule has 0 bridgehead atoms. The molecular weight excluding hydrogens is 508 g/mol. The molecule has 0 fully saturated rings. The molecule has 2 aliphatic rings. The molecule has 0 amide bonds. The van der Waals surface area contributed by atoms with Gasteiger partial charge in [-0.1, -0.05) is 27.2 Å². The number of aromatic nitrogens is 2. The van der Waals surface area contributed by atoms with Crippen LogP contribution in [-0.4, -0.2) is 41.0 Å². The van der Waals surface area contributed by atoms with Gasteiger partial charge in [0.05, 0.1) is 34.9 Å². The Labute approximate surface area is 235 Å². The molecule has 1 aromatic carbocycles. The molecular formula is C31H42N4O5. The van der Waals surface area contributed by atoms with Crippen LogP contribution < -0.4 is 21.8 Å². The summed E-state index contributed by atoms with van der Waals surface area (Å²) in [5.41, 5.74) is 14.4. The van der Waals surface area contributed by atoms with Crippen LogP contribution >= 0.6 is 0 Å². The molecule has 0 saturated carbocycles. The van der Waals surface area contributed by atoms with Gasteiger partial charge in [0.15, 0.2) is 11.9 Å². The van der Waals surface area contributed by atoms with Gasteiger partial charge in [-0.25, -0.2) is 4.98 Å². The molecule has 0 radical (unpaired) electrons. The Bertz CT molecular complexity index is 1440. The monoisotopic (exact) mass is 550 g/mol. The number of nitrogens with two attached hydrogens (primary N) is 2. The Morgan fingerprint density at radius 3 is 2.45 bits per heavy atom. The molecule has 9 nitrogen and oxygen atoms in total. The number of hydrogen-bond donors (Lipinski definition) is 2. The summed E-state index contributed by atoms with van der Waals surface area (Å²) in [6, 6.07) is 7.57. The third-order valence-corrected chi connectivity index (χ3v) is 7.17. The second-order valence-electron chi connectivity index (χ2n) is 10.3. The smallest absolute Gasteiger partial charge is 0.313 e. The Morgan fingerprint density at radius 2 is 1.88 bits per heavy atom. The first-order valence-electron chi connectivity index (χ1n) is 14.0. The first-order chi connectivity index (χ1) is 19.2. The average molecular weight is 551 g/mol. The number of hydrogen-bond acceptors (Lipinski definition) is 8. The normalized spacial score (nSPS) is 15.0. The largest absolute Gasteiger partial charge is 0.480 e. The number of carbonyl (C=O) groups is 2. The molecule has 0 saturated heterocycles. The number of aryl methyl sites for hydroxylation is 1. The lowest BCUT2D eigenvalue weighted by Crippen LogP contribution is -2.32. The zero-order chi connectivity index (χ0) is 29.6. The maximum Gasteiger partial charge on any atom is 0.313 e. The number of unbranched alkanes of at least 4 members (excludes halogenated alkanes) is 1. The first-order valence-corrected chi connectivity index (χ1v) is 14.0. The van der Waals surface area contributed by atoms with E-state index in [4.69, 9.17) is 20.2 Å². The van der Waals surface area contributed by atoms with Crippen molar-refractivity contribution >= 4 is 23.2 Å². The molecule has 4 N–H and O–H groups in total. The summed E-state index contributed by atoms with van der Waals surface area (Å²) in [6.07, 6.45) is 4.49. The molecule has 1 unspecified atom stereocenters. The summed E-state index contributed by atoms with van der Waals surface area (Å²) < 4.78 is 12.9. The lowest BCUT2D eigenvalue weighted by molar-refractivity contribution is -0.148. The maximum absolute atomic E-state index is 13.4.